The zero-order valence-electron chi connectivity index (χ0n) is 20.0. The number of aromatic nitrogens is 5. The average molecular weight is 502 g/mol. The summed E-state index contributed by atoms with van der Waals surface area (Å²) >= 11 is 0. The van der Waals surface area contributed by atoms with Crippen LogP contribution in [-0.2, 0) is 16.6 Å². The van der Waals surface area contributed by atoms with Gasteiger partial charge in [0.05, 0.1) is 24.4 Å². The van der Waals surface area contributed by atoms with Crippen LogP contribution in [0, 0.1) is 0 Å². The van der Waals surface area contributed by atoms with Crippen LogP contribution in [0.15, 0.2) is 48.4 Å². The number of carbonyl (C=O) groups is 1. The Morgan fingerprint density at radius 2 is 2.11 bits per heavy atom. The van der Waals surface area contributed by atoms with E-state index in [1.54, 1.807) is 11.7 Å². The number of aryl methyl sites for hydroxylation is 1. The summed E-state index contributed by atoms with van der Waals surface area (Å²) in [6.45, 7) is 4.06. The molecule has 0 aliphatic heterocycles. The fourth-order valence-electron chi connectivity index (χ4n) is 3.78. The normalized spacial score (nSPS) is 14.7. The molecule has 1 amide bonds. The lowest BCUT2D eigenvalue weighted by Gasteiger charge is -2.12. The summed E-state index contributed by atoms with van der Waals surface area (Å²) in [4.78, 5) is 16.7. The first-order chi connectivity index (χ1) is 17.1. The monoisotopic (exact) mass is 501 g/mol. The fraction of sp³-hybridized carbons (Fsp3) is 0.333. The Kier molecular flexibility index (Phi) is 6.86. The highest BCUT2D eigenvalue weighted by Crippen LogP contribution is 2.47. The van der Waals surface area contributed by atoms with Crippen molar-refractivity contribution in [2.75, 3.05) is 19.0 Å². The van der Waals surface area contributed by atoms with E-state index in [9.17, 15) is 18.0 Å². The second-order valence-electron chi connectivity index (χ2n) is 8.37. The van der Waals surface area contributed by atoms with Crippen molar-refractivity contribution in [2.45, 2.75) is 31.9 Å². The number of anilines is 2. The summed E-state index contributed by atoms with van der Waals surface area (Å²) in [5.74, 6) is 0.385. The number of ether oxygens (including phenoxy) is 1. The average Bonchev–Trinajstić information content (AvgIpc) is 3.44. The van der Waals surface area contributed by atoms with Crippen LogP contribution >= 0.6 is 0 Å². The molecule has 190 valence electrons. The summed E-state index contributed by atoms with van der Waals surface area (Å²) in [5, 5.41) is 17.8. The van der Waals surface area contributed by atoms with Crippen LogP contribution in [-0.4, -0.2) is 50.7 Å². The van der Waals surface area contributed by atoms with Crippen molar-refractivity contribution in [3.05, 3.63) is 59.8 Å². The van der Waals surface area contributed by atoms with E-state index in [0.29, 0.717) is 11.9 Å². The molecule has 0 bridgehead atoms. The van der Waals surface area contributed by atoms with Gasteiger partial charge in [-0.3, -0.25) is 9.89 Å². The third-order valence-electron chi connectivity index (χ3n) is 5.76. The number of carbonyl (C=O) groups excluding carboxylic acids is 1. The van der Waals surface area contributed by atoms with Gasteiger partial charge >= 0.3 is 6.18 Å². The van der Waals surface area contributed by atoms with Crippen molar-refractivity contribution >= 4 is 34.0 Å². The number of methoxy groups -OCH3 is 1. The van der Waals surface area contributed by atoms with Crippen LogP contribution in [0.25, 0.3) is 16.5 Å². The van der Waals surface area contributed by atoms with Crippen molar-refractivity contribution < 1.29 is 22.7 Å². The molecule has 3 N–H and O–H groups in total. The number of nitrogens with zero attached hydrogens (tertiary/aromatic N) is 4. The zero-order valence-corrected chi connectivity index (χ0v) is 20.0. The molecule has 0 unspecified atom stereocenters. The number of nitrogens with one attached hydrogen (secondary N) is 3. The summed E-state index contributed by atoms with van der Waals surface area (Å²) in [6.07, 6.45) is 2.18. The molecule has 3 aromatic rings. The molecule has 1 fully saturated rings. The zero-order chi connectivity index (χ0) is 26.0. The Balaban J connectivity index is 1.56. The van der Waals surface area contributed by atoms with Gasteiger partial charge in [-0.25, -0.2) is 4.68 Å². The number of H-pyrrole nitrogens is 1. The third kappa shape index (κ3) is 5.42. The molecule has 0 radical (unpaired) electrons. The molecule has 2 heterocycles. The van der Waals surface area contributed by atoms with Gasteiger partial charge in [-0.2, -0.15) is 23.3 Å². The Morgan fingerprint density at radius 3 is 2.75 bits per heavy atom. The number of fused-ring (bicyclic) bond motifs is 1. The molecular formula is C24H26F3N7O2. The second-order valence-corrected chi connectivity index (χ2v) is 8.37. The summed E-state index contributed by atoms with van der Waals surface area (Å²) in [5.41, 5.74) is 3.28. The molecule has 12 heteroatoms. The van der Waals surface area contributed by atoms with Crippen molar-refractivity contribution in [1.29, 1.82) is 0 Å². The summed E-state index contributed by atoms with van der Waals surface area (Å²) in [7, 11) is 3.08. The van der Waals surface area contributed by atoms with Crippen LogP contribution in [0.5, 0.6) is 0 Å². The molecule has 1 aliphatic carbocycles. The van der Waals surface area contributed by atoms with Gasteiger partial charge in [0, 0.05) is 23.7 Å². The lowest BCUT2D eigenvalue weighted by Crippen LogP contribution is -2.34. The van der Waals surface area contributed by atoms with Crippen LogP contribution in [0.1, 0.15) is 37.1 Å². The molecule has 36 heavy (non-hydrogen) atoms. The molecule has 9 nitrogen and oxygen atoms in total. The van der Waals surface area contributed by atoms with Gasteiger partial charge < -0.3 is 15.4 Å². The Bertz CT molecular complexity index is 1360. The molecule has 0 saturated heterocycles. The lowest BCUT2D eigenvalue weighted by molar-refractivity contribution is -0.136. The second kappa shape index (κ2) is 9.88. The Hall–Kier alpha value is -4.09. The van der Waals surface area contributed by atoms with Gasteiger partial charge in [0.25, 0.3) is 5.91 Å². The maximum Gasteiger partial charge on any atom is 0.405 e. The number of hydrogen-bond acceptors (Lipinski definition) is 6. The minimum Gasteiger partial charge on any atom is -0.496 e. The lowest BCUT2D eigenvalue weighted by atomic mass is 10.0. The number of allylic oxidation sites excluding steroid dienone is 2. The highest BCUT2D eigenvalue weighted by Gasteiger charge is 2.30. The van der Waals surface area contributed by atoms with Gasteiger partial charge in [-0.1, -0.05) is 12.7 Å². The molecule has 0 atom stereocenters. The molecule has 1 aliphatic rings. The quantitative estimate of drug-likeness (QED) is 0.227. The predicted octanol–water partition coefficient (Wildman–Crippen LogP) is 4.48. The van der Waals surface area contributed by atoms with Crippen molar-refractivity contribution in [3.63, 3.8) is 0 Å². The van der Waals surface area contributed by atoms with Crippen LogP contribution in [0.4, 0.5) is 24.8 Å². The van der Waals surface area contributed by atoms with E-state index in [1.165, 1.54) is 31.7 Å². The van der Waals surface area contributed by atoms with E-state index in [0.717, 1.165) is 29.4 Å². The third-order valence-corrected chi connectivity index (χ3v) is 5.76. The van der Waals surface area contributed by atoms with Crippen LogP contribution in [0.3, 0.4) is 0 Å². The van der Waals surface area contributed by atoms with E-state index >= 15 is 0 Å². The maximum atomic E-state index is 12.5. The molecule has 4 rings (SSSR count). The number of amides is 1. The molecule has 2 aromatic heterocycles. The first-order valence-electron chi connectivity index (χ1n) is 11.2. The largest absolute Gasteiger partial charge is 0.496 e. The van der Waals surface area contributed by atoms with E-state index < -0.39 is 18.6 Å². The number of hydrogen-bond donors (Lipinski definition) is 3. The van der Waals surface area contributed by atoms with Crippen molar-refractivity contribution in [2.24, 2.45) is 7.05 Å². The van der Waals surface area contributed by atoms with Crippen LogP contribution < -0.4 is 10.6 Å². The molecule has 1 aromatic carbocycles. The summed E-state index contributed by atoms with van der Waals surface area (Å²) < 4.78 is 44.3. The fourth-order valence-corrected chi connectivity index (χ4v) is 3.78. The van der Waals surface area contributed by atoms with Gasteiger partial charge in [0.1, 0.15) is 12.3 Å². The SMILES string of the molecule is C=C(/C(=C\C(=C/C)C(=O)NCC(F)(F)F)OC)c1nc(Nc2ccc3[nH]ncc3c2C2CC2)n(C)n1. The first-order valence-corrected chi connectivity index (χ1v) is 11.2. The van der Waals surface area contributed by atoms with Crippen molar-refractivity contribution in [1.82, 2.24) is 30.3 Å². The van der Waals surface area contributed by atoms with Gasteiger partial charge in [-0.05, 0) is 49.5 Å². The summed E-state index contributed by atoms with van der Waals surface area (Å²) in [6, 6.07) is 3.91. The van der Waals surface area contributed by atoms with Gasteiger partial charge in [-0.15, -0.1) is 5.10 Å². The van der Waals surface area contributed by atoms with Crippen LogP contribution in [0.2, 0.25) is 0 Å². The number of rotatable bonds is 9. The smallest absolute Gasteiger partial charge is 0.405 e. The van der Waals surface area contributed by atoms with E-state index in [4.69, 9.17) is 4.74 Å². The maximum absolute atomic E-state index is 12.5. The highest BCUT2D eigenvalue weighted by atomic mass is 19.4. The minimum atomic E-state index is -4.52. The van der Waals surface area contributed by atoms with E-state index in [2.05, 4.69) is 32.2 Å². The van der Waals surface area contributed by atoms with E-state index in [-0.39, 0.29) is 22.7 Å². The molecule has 0 spiro atoms. The highest BCUT2D eigenvalue weighted by molar-refractivity contribution is 5.97. The Labute approximate surface area is 205 Å². The number of aromatic amines is 1. The number of benzene rings is 1. The minimum absolute atomic E-state index is 0.0194. The predicted molar refractivity (Wildman–Crippen MR) is 129 cm³/mol. The Morgan fingerprint density at radius 1 is 1.36 bits per heavy atom. The van der Waals surface area contributed by atoms with E-state index in [1.807, 2.05) is 23.6 Å². The molecule has 1 saturated carbocycles. The topological polar surface area (TPSA) is 110 Å². The van der Waals surface area contributed by atoms with Gasteiger partial charge in [0.2, 0.25) is 5.95 Å². The standard InChI is InChI=1S/C24H26F3N7O2/c1-5-14(22(35)28-12-24(25,26)27)10-19(36-4)13(2)21-31-23(34(3)33-21)30-18-9-8-17-16(11-29-32-17)20(18)15-6-7-15/h5,8-11,15H,2,6-7,12H2,1,3-4H3,(H,28,35)(H,29,32)(H,30,31,33)/b14-5+,19-10+. The van der Waals surface area contributed by atoms with Gasteiger partial charge in [0.15, 0.2) is 5.82 Å². The number of alkyl halides is 3. The molecular weight excluding hydrogens is 475 g/mol. The van der Waals surface area contributed by atoms with Crippen molar-refractivity contribution in [3.8, 4) is 0 Å². The first kappa shape index (κ1) is 25.0. The number of halogens is 3.